The number of carbonyl (C=O) groups is 2. The van der Waals surface area contributed by atoms with Crippen molar-refractivity contribution in [3.05, 3.63) is 59.7 Å². The summed E-state index contributed by atoms with van der Waals surface area (Å²) >= 11 is 0. The Morgan fingerprint density at radius 3 is 2.25 bits per heavy atom. The number of nitrogens with zero attached hydrogens (tertiary/aromatic N) is 2. The summed E-state index contributed by atoms with van der Waals surface area (Å²) in [5.41, 5.74) is 3.77. The molecule has 10 nitrogen and oxygen atoms in total. The van der Waals surface area contributed by atoms with Crippen LogP contribution in [0.15, 0.2) is 53.4 Å². The fourth-order valence-electron chi connectivity index (χ4n) is 4.76. The van der Waals surface area contributed by atoms with Crippen LogP contribution in [-0.2, 0) is 26.0 Å². The van der Waals surface area contributed by atoms with Crippen molar-refractivity contribution in [3.63, 3.8) is 0 Å². The van der Waals surface area contributed by atoms with E-state index in [1.165, 1.54) is 36.2 Å². The first-order valence-electron chi connectivity index (χ1n) is 13.9. The molecular formula is C29H42N4O6S. The number of anilines is 1. The molecule has 1 fully saturated rings. The minimum Gasteiger partial charge on any atom is -0.379 e. The van der Waals surface area contributed by atoms with Crippen LogP contribution in [0.4, 0.5) is 5.69 Å². The number of amides is 2. The molecule has 1 aliphatic heterocycles. The molecule has 0 unspecified atom stereocenters. The number of hydrogen-bond acceptors (Lipinski definition) is 7. The maximum atomic E-state index is 13.8. The molecule has 40 heavy (non-hydrogen) atoms. The smallest absolute Gasteiger partial charge is 0.262 e. The van der Waals surface area contributed by atoms with Gasteiger partial charge in [-0.2, -0.15) is 4.31 Å². The van der Waals surface area contributed by atoms with Crippen LogP contribution in [0.2, 0.25) is 0 Å². The number of ether oxygens (including phenoxy) is 1. The SMILES string of the molecule is CCCCCc1ccc(C(=O)Nc2ccc(S(=O)(=O)N(CCN3CCOCC3)[C@@H](C(=O)NO)C(C)C)cc2)cc1. The van der Waals surface area contributed by atoms with Crippen LogP contribution in [0.3, 0.4) is 0 Å². The number of hydrogen-bond donors (Lipinski definition) is 3. The number of hydroxylamine groups is 1. The standard InChI is InChI=1S/C29H42N4O6S/c1-4-5-6-7-23-8-10-24(11-9-23)28(34)30-25-12-14-26(15-13-25)40(37,38)33(27(22(2)3)29(35)31-36)17-16-32-18-20-39-21-19-32/h8-15,22,27,36H,4-7,16-21H2,1-3H3,(H,30,34)(H,31,35)/t27-/m1/s1. The lowest BCUT2D eigenvalue weighted by atomic mass is 10.0. The van der Waals surface area contributed by atoms with E-state index in [1.807, 2.05) is 12.1 Å². The topological polar surface area (TPSA) is 128 Å². The Hall–Kier alpha value is -2.83. The van der Waals surface area contributed by atoms with Crippen LogP contribution in [0.25, 0.3) is 0 Å². The van der Waals surface area contributed by atoms with Gasteiger partial charge in [-0.25, -0.2) is 13.9 Å². The van der Waals surface area contributed by atoms with Crippen molar-refractivity contribution in [1.82, 2.24) is 14.7 Å². The molecule has 3 rings (SSSR count). The third kappa shape index (κ3) is 8.58. The summed E-state index contributed by atoms with van der Waals surface area (Å²) < 4.78 is 34.1. The Kier molecular flexibility index (Phi) is 12.1. The summed E-state index contributed by atoms with van der Waals surface area (Å²) in [6.07, 6.45) is 4.42. The molecule has 0 saturated carbocycles. The second-order valence-electron chi connectivity index (χ2n) is 10.4. The van der Waals surface area contributed by atoms with Gasteiger partial charge in [-0.3, -0.25) is 19.7 Å². The van der Waals surface area contributed by atoms with Gasteiger partial charge in [0, 0.05) is 37.4 Å². The molecule has 2 amide bonds. The lowest BCUT2D eigenvalue weighted by Crippen LogP contribution is -2.54. The third-order valence-electron chi connectivity index (χ3n) is 7.06. The molecule has 0 spiro atoms. The van der Waals surface area contributed by atoms with Gasteiger partial charge in [0.2, 0.25) is 10.0 Å². The van der Waals surface area contributed by atoms with Crippen molar-refractivity contribution in [2.24, 2.45) is 5.92 Å². The van der Waals surface area contributed by atoms with E-state index in [0.29, 0.717) is 44.1 Å². The number of carbonyl (C=O) groups excluding carboxylic acids is 2. The van der Waals surface area contributed by atoms with E-state index in [1.54, 1.807) is 31.5 Å². The molecule has 0 aliphatic carbocycles. The van der Waals surface area contributed by atoms with Gasteiger partial charge in [-0.15, -0.1) is 0 Å². The largest absolute Gasteiger partial charge is 0.379 e. The molecule has 1 aliphatic rings. The summed E-state index contributed by atoms with van der Waals surface area (Å²) in [5, 5.41) is 12.2. The predicted octanol–water partition coefficient (Wildman–Crippen LogP) is 3.52. The first kappa shape index (κ1) is 31.7. The zero-order chi connectivity index (χ0) is 29.1. The van der Waals surface area contributed by atoms with Crippen LogP contribution < -0.4 is 10.8 Å². The first-order chi connectivity index (χ1) is 19.2. The maximum Gasteiger partial charge on any atom is 0.262 e. The van der Waals surface area contributed by atoms with E-state index < -0.39 is 27.9 Å². The lowest BCUT2D eigenvalue weighted by Gasteiger charge is -2.34. The van der Waals surface area contributed by atoms with Crippen molar-refractivity contribution < 1.29 is 28.0 Å². The fourth-order valence-corrected chi connectivity index (χ4v) is 6.47. The number of sulfonamides is 1. The van der Waals surface area contributed by atoms with Gasteiger partial charge in [0.05, 0.1) is 18.1 Å². The molecule has 0 radical (unpaired) electrons. The highest BCUT2D eigenvalue weighted by Crippen LogP contribution is 2.24. The van der Waals surface area contributed by atoms with Crippen LogP contribution in [0.1, 0.15) is 56.0 Å². The van der Waals surface area contributed by atoms with E-state index in [9.17, 15) is 23.2 Å². The lowest BCUT2D eigenvalue weighted by molar-refractivity contribution is -0.134. The summed E-state index contributed by atoms with van der Waals surface area (Å²) in [6.45, 7) is 8.56. The molecule has 220 valence electrons. The third-order valence-corrected chi connectivity index (χ3v) is 8.96. The van der Waals surface area contributed by atoms with Gasteiger partial charge in [-0.05, 0) is 60.7 Å². The monoisotopic (exact) mass is 574 g/mol. The summed E-state index contributed by atoms with van der Waals surface area (Å²) in [7, 11) is -4.12. The average Bonchev–Trinajstić information content (AvgIpc) is 2.96. The Balaban J connectivity index is 1.75. The summed E-state index contributed by atoms with van der Waals surface area (Å²) in [5.74, 6) is -1.48. The van der Waals surface area contributed by atoms with Gasteiger partial charge in [0.25, 0.3) is 11.8 Å². The normalized spacial score (nSPS) is 15.2. The molecule has 1 saturated heterocycles. The van der Waals surface area contributed by atoms with E-state index in [2.05, 4.69) is 17.1 Å². The number of benzene rings is 2. The van der Waals surface area contributed by atoms with Gasteiger partial charge in [-0.1, -0.05) is 45.7 Å². The molecule has 3 N–H and O–H groups in total. The number of unbranched alkanes of at least 4 members (excludes halogenated alkanes) is 2. The Morgan fingerprint density at radius 1 is 1.02 bits per heavy atom. The number of nitrogens with one attached hydrogen (secondary N) is 2. The van der Waals surface area contributed by atoms with Crippen LogP contribution in [0, 0.1) is 5.92 Å². The highest BCUT2D eigenvalue weighted by molar-refractivity contribution is 7.89. The van der Waals surface area contributed by atoms with Gasteiger partial charge in [0.15, 0.2) is 0 Å². The zero-order valence-electron chi connectivity index (χ0n) is 23.6. The molecule has 2 aromatic carbocycles. The molecule has 11 heteroatoms. The van der Waals surface area contributed by atoms with Crippen molar-refractivity contribution in [1.29, 1.82) is 0 Å². The van der Waals surface area contributed by atoms with E-state index in [0.717, 1.165) is 23.6 Å². The zero-order valence-corrected chi connectivity index (χ0v) is 24.5. The molecule has 0 bridgehead atoms. The number of morpholine rings is 1. The Bertz CT molecular complexity index is 1200. The van der Waals surface area contributed by atoms with Crippen LogP contribution in [-0.4, -0.2) is 80.1 Å². The highest BCUT2D eigenvalue weighted by atomic mass is 32.2. The van der Waals surface area contributed by atoms with Gasteiger partial charge in [0.1, 0.15) is 6.04 Å². The van der Waals surface area contributed by atoms with Crippen molar-refractivity contribution in [2.75, 3.05) is 44.7 Å². The van der Waals surface area contributed by atoms with Crippen molar-refractivity contribution >= 4 is 27.5 Å². The van der Waals surface area contributed by atoms with E-state index in [4.69, 9.17) is 4.74 Å². The summed E-state index contributed by atoms with van der Waals surface area (Å²) in [6, 6.07) is 12.3. The minimum absolute atomic E-state index is 0.0136. The second-order valence-corrected chi connectivity index (χ2v) is 12.3. The van der Waals surface area contributed by atoms with Crippen molar-refractivity contribution in [3.8, 4) is 0 Å². The van der Waals surface area contributed by atoms with Crippen LogP contribution in [0.5, 0.6) is 0 Å². The minimum atomic E-state index is -4.12. The first-order valence-corrected chi connectivity index (χ1v) is 15.4. The quantitative estimate of drug-likeness (QED) is 0.179. The number of aryl methyl sites for hydroxylation is 1. The Labute approximate surface area is 237 Å². The van der Waals surface area contributed by atoms with Crippen LogP contribution >= 0.6 is 0 Å². The van der Waals surface area contributed by atoms with Gasteiger partial charge >= 0.3 is 0 Å². The highest BCUT2D eigenvalue weighted by Gasteiger charge is 2.38. The molecule has 0 aromatic heterocycles. The Morgan fingerprint density at radius 2 is 1.68 bits per heavy atom. The average molecular weight is 575 g/mol. The maximum absolute atomic E-state index is 13.8. The van der Waals surface area contributed by atoms with E-state index in [-0.39, 0.29) is 17.3 Å². The predicted molar refractivity (Wildman–Crippen MR) is 154 cm³/mol. The molecular weight excluding hydrogens is 532 g/mol. The van der Waals surface area contributed by atoms with Crippen molar-refractivity contribution in [2.45, 2.75) is 57.4 Å². The number of rotatable bonds is 14. The van der Waals surface area contributed by atoms with E-state index >= 15 is 0 Å². The molecule has 1 heterocycles. The second kappa shape index (κ2) is 15.2. The molecule has 1 atom stereocenters. The summed E-state index contributed by atoms with van der Waals surface area (Å²) in [4.78, 5) is 27.4. The molecule has 2 aromatic rings. The fraction of sp³-hybridized carbons (Fsp3) is 0.517. The van der Waals surface area contributed by atoms with Gasteiger partial charge < -0.3 is 10.1 Å².